The molecule has 0 bridgehead atoms. The van der Waals surface area contributed by atoms with Crippen LogP contribution in [-0.4, -0.2) is 60.0 Å². The van der Waals surface area contributed by atoms with Crippen LogP contribution >= 0.6 is 39.1 Å². The van der Waals surface area contributed by atoms with E-state index in [4.69, 9.17) is 33.9 Å². The Morgan fingerprint density at radius 1 is 1.05 bits per heavy atom. The number of nitrogens with zero attached hydrogens (tertiary/aromatic N) is 3. The number of hydrogen-bond donors (Lipinski definition) is 1. The maximum atomic E-state index is 13.3. The lowest BCUT2D eigenvalue weighted by atomic mass is 9.75. The molecule has 3 aliphatic rings. The lowest BCUT2D eigenvalue weighted by molar-refractivity contribution is -0.134. The van der Waals surface area contributed by atoms with Crippen LogP contribution in [0.15, 0.2) is 32.9 Å². The fourth-order valence-electron chi connectivity index (χ4n) is 6.67. The first kappa shape index (κ1) is 33.9. The number of nitrogens with two attached hydrogens (primary N) is 1. The van der Waals surface area contributed by atoms with Gasteiger partial charge < -0.3 is 15.5 Å². The molecule has 6 nitrogen and oxygen atoms in total. The minimum atomic E-state index is -0.364. The number of fused-ring (bicyclic) bond motifs is 1. The van der Waals surface area contributed by atoms with Gasteiger partial charge in [0.15, 0.2) is 0 Å². The molecule has 4 rings (SSSR count). The van der Waals surface area contributed by atoms with E-state index in [-0.39, 0.29) is 17.9 Å². The number of primary amides is 1. The fourth-order valence-corrected chi connectivity index (χ4v) is 7.86. The highest BCUT2D eigenvalue weighted by Crippen LogP contribution is 2.47. The van der Waals surface area contributed by atoms with E-state index in [9.17, 15) is 9.59 Å². The van der Waals surface area contributed by atoms with Gasteiger partial charge in [-0.25, -0.2) is 4.79 Å². The minimum absolute atomic E-state index is 0.134. The monoisotopic (exact) mass is 668 g/mol. The van der Waals surface area contributed by atoms with Crippen LogP contribution in [0.5, 0.6) is 0 Å². The quantitative estimate of drug-likeness (QED) is 0.244. The second-order valence-electron chi connectivity index (χ2n) is 11.1. The number of alkyl halides is 1. The Hall–Kier alpha value is -1.57. The van der Waals surface area contributed by atoms with E-state index in [1.165, 1.54) is 16.7 Å². The first-order valence-corrected chi connectivity index (χ1v) is 17.1. The van der Waals surface area contributed by atoms with Crippen LogP contribution in [0.2, 0.25) is 5.02 Å². The maximum absolute atomic E-state index is 13.3. The van der Waals surface area contributed by atoms with Crippen molar-refractivity contribution in [3.63, 3.8) is 0 Å². The van der Waals surface area contributed by atoms with E-state index in [2.05, 4.69) is 33.8 Å². The van der Waals surface area contributed by atoms with Crippen molar-refractivity contribution in [2.24, 2.45) is 22.6 Å². The molecule has 2 fully saturated rings. The Morgan fingerprint density at radius 3 is 2.29 bits per heavy atom. The number of aryl methyl sites for hydroxylation is 1. The first-order chi connectivity index (χ1) is 19.8. The van der Waals surface area contributed by atoms with Gasteiger partial charge in [0, 0.05) is 59.9 Å². The molecule has 1 atom stereocenters. The van der Waals surface area contributed by atoms with Crippen molar-refractivity contribution in [1.82, 2.24) is 9.80 Å². The largest absolute Gasteiger partial charge is 0.351 e. The van der Waals surface area contributed by atoms with Gasteiger partial charge in [0.25, 0.3) is 0 Å². The molecule has 2 saturated heterocycles. The molecule has 41 heavy (non-hydrogen) atoms. The van der Waals surface area contributed by atoms with Gasteiger partial charge in [-0.2, -0.15) is 0 Å². The summed E-state index contributed by atoms with van der Waals surface area (Å²) >= 11 is 16.5. The van der Waals surface area contributed by atoms with Crippen molar-refractivity contribution < 1.29 is 9.59 Å². The molecule has 1 aromatic carbocycles. The second-order valence-corrected chi connectivity index (χ2v) is 12.7. The number of carbonyl (C=O) groups is 2. The number of carbonyl (C=O) groups excluding carboxylic acids is 2. The van der Waals surface area contributed by atoms with Crippen LogP contribution in [0.4, 0.5) is 4.79 Å². The summed E-state index contributed by atoms with van der Waals surface area (Å²) in [6.07, 6.45) is 11.2. The van der Waals surface area contributed by atoms with Crippen molar-refractivity contribution in [2.75, 3.05) is 32.1 Å². The van der Waals surface area contributed by atoms with Gasteiger partial charge in [-0.05, 0) is 98.5 Å². The molecule has 2 N–H and O–H groups in total. The van der Waals surface area contributed by atoms with Crippen molar-refractivity contribution in [3.8, 4) is 0 Å². The lowest BCUT2D eigenvalue weighted by Gasteiger charge is -2.39. The first-order valence-electron chi connectivity index (χ1n) is 15.4. The number of urea groups is 1. The number of benzene rings is 1. The SMILES string of the molecule is CC.CC/C1=C(\N=CCCl)C(C2CCN(C(=O)CC3CCN(C(N)=O)CC3)CC2)c2c(Br)cc(Cl)cc2CCCC1. The van der Waals surface area contributed by atoms with E-state index in [1.54, 1.807) is 4.90 Å². The van der Waals surface area contributed by atoms with Crippen molar-refractivity contribution in [3.05, 3.63) is 44.0 Å². The molecule has 1 aromatic rings. The molecule has 2 aliphatic heterocycles. The van der Waals surface area contributed by atoms with E-state index in [0.717, 1.165) is 86.1 Å². The van der Waals surface area contributed by atoms with E-state index in [1.807, 2.05) is 26.1 Å². The predicted octanol–water partition coefficient (Wildman–Crippen LogP) is 8.33. The summed E-state index contributed by atoms with van der Waals surface area (Å²) in [4.78, 5) is 33.4. The van der Waals surface area contributed by atoms with Gasteiger partial charge in [0.05, 0.1) is 5.88 Å². The molecule has 1 aliphatic carbocycles. The average Bonchev–Trinajstić information content (AvgIpc) is 3.05. The molecule has 228 valence electrons. The van der Waals surface area contributed by atoms with Crippen LogP contribution in [0.1, 0.15) is 95.6 Å². The zero-order valence-electron chi connectivity index (χ0n) is 24.9. The number of rotatable bonds is 6. The molecule has 9 heteroatoms. The van der Waals surface area contributed by atoms with E-state index >= 15 is 0 Å². The van der Waals surface area contributed by atoms with Crippen LogP contribution < -0.4 is 5.73 Å². The summed E-state index contributed by atoms with van der Waals surface area (Å²) in [5.74, 6) is 1.44. The summed E-state index contributed by atoms with van der Waals surface area (Å²) < 4.78 is 1.05. The summed E-state index contributed by atoms with van der Waals surface area (Å²) in [5, 5.41) is 0.756. The number of halogens is 3. The van der Waals surface area contributed by atoms with Gasteiger partial charge in [0.1, 0.15) is 0 Å². The smallest absolute Gasteiger partial charge is 0.314 e. The van der Waals surface area contributed by atoms with Crippen LogP contribution in [0.3, 0.4) is 0 Å². The molecule has 0 aromatic heterocycles. The zero-order chi connectivity index (χ0) is 29.9. The number of piperidine rings is 2. The normalized spacial score (nSPS) is 22.8. The number of likely N-dealkylation sites (tertiary alicyclic amines) is 2. The van der Waals surface area contributed by atoms with Crippen molar-refractivity contribution in [1.29, 1.82) is 0 Å². The lowest BCUT2D eigenvalue weighted by Crippen LogP contribution is -2.44. The molecule has 0 saturated carbocycles. The van der Waals surface area contributed by atoms with Crippen LogP contribution in [-0.2, 0) is 11.2 Å². The molecule has 1 unspecified atom stereocenters. The standard InChI is InChI=1S/C30H41BrCl2N4O2.C2H6/c1-2-21-5-3-4-6-23-18-24(33)19-25(31)27(23)28(29(21)35-12-11-32)22-9-15-36(16-10-22)26(38)17-20-7-13-37(14-8-20)30(34)39;1-2/h12,18-20,22,28H,2-11,13-17H2,1H3,(H2,34,39);1-2H3/b29-21+,35-12?;. The Kier molecular flexibility index (Phi) is 14.0. The van der Waals surface area contributed by atoms with Gasteiger partial charge in [-0.3, -0.25) is 9.79 Å². The maximum Gasteiger partial charge on any atom is 0.314 e. The third-order valence-electron chi connectivity index (χ3n) is 8.80. The topological polar surface area (TPSA) is 79.0 Å². The molecule has 0 spiro atoms. The number of amides is 3. The summed E-state index contributed by atoms with van der Waals surface area (Å²) in [6.45, 7) is 9.04. The van der Waals surface area contributed by atoms with Crippen LogP contribution in [0, 0.1) is 11.8 Å². The Labute approximate surface area is 265 Å². The second kappa shape index (κ2) is 16.9. The number of hydrogen-bond acceptors (Lipinski definition) is 3. The number of aliphatic imine (C=N–C) groups is 1. The highest BCUT2D eigenvalue weighted by Gasteiger charge is 2.36. The minimum Gasteiger partial charge on any atom is -0.351 e. The van der Waals surface area contributed by atoms with Gasteiger partial charge >= 0.3 is 6.03 Å². The van der Waals surface area contributed by atoms with Crippen LogP contribution in [0.25, 0.3) is 0 Å². The Morgan fingerprint density at radius 2 is 1.68 bits per heavy atom. The number of allylic oxidation sites excluding steroid dienone is 2. The third-order valence-corrected chi connectivity index (χ3v) is 9.81. The molecule has 0 radical (unpaired) electrons. The predicted molar refractivity (Wildman–Crippen MR) is 175 cm³/mol. The molecule has 3 amide bonds. The highest BCUT2D eigenvalue weighted by atomic mass is 79.9. The average molecular weight is 671 g/mol. The summed E-state index contributed by atoms with van der Waals surface area (Å²) in [7, 11) is 0. The summed E-state index contributed by atoms with van der Waals surface area (Å²) in [6, 6.07) is 3.79. The highest BCUT2D eigenvalue weighted by molar-refractivity contribution is 9.10. The van der Waals surface area contributed by atoms with E-state index in [0.29, 0.717) is 37.2 Å². The van der Waals surface area contributed by atoms with Crippen molar-refractivity contribution in [2.45, 2.75) is 90.9 Å². The van der Waals surface area contributed by atoms with Gasteiger partial charge in [-0.1, -0.05) is 48.3 Å². The van der Waals surface area contributed by atoms with E-state index < -0.39 is 0 Å². The van der Waals surface area contributed by atoms with Gasteiger partial charge in [-0.15, -0.1) is 11.6 Å². The molecular weight excluding hydrogens is 623 g/mol. The fraction of sp³-hybridized carbons (Fsp3) is 0.656. The third kappa shape index (κ3) is 8.96. The summed E-state index contributed by atoms with van der Waals surface area (Å²) in [5.41, 5.74) is 10.6. The Balaban J connectivity index is 0.00000226. The zero-order valence-corrected chi connectivity index (χ0v) is 28.0. The van der Waals surface area contributed by atoms with Gasteiger partial charge in [0.2, 0.25) is 5.91 Å². The Bertz CT molecular complexity index is 1090. The molecule has 2 heterocycles. The molecular formula is C32H47BrCl2N4O2. The van der Waals surface area contributed by atoms with Crippen molar-refractivity contribution >= 4 is 57.3 Å².